The fourth-order valence-electron chi connectivity index (χ4n) is 2.78. The molecule has 3 aromatic rings. The first-order valence-corrected chi connectivity index (χ1v) is 9.15. The van der Waals surface area contributed by atoms with Crippen LogP contribution < -0.4 is 10.6 Å². The maximum atomic E-state index is 13.8. The van der Waals surface area contributed by atoms with Gasteiger partial charge in [-0.15, -0.1) is 24.0 Å². The van der Waals surface area contributed by atoms with E-state index in [0.717, 1.165) is 23.3 Å². The van der Waals surface area contributed by atoms with E-state index in [9.17, 15) is 8.78 Å². The van der Waals surface area contributed by atoms with Gasteiger partial charge in [0.15, 0.2) is 5.96 Å². The normalized spacial score (nSPS) is 11.1. The van der Waals surface area contributed by atoms with E-state index in [1.807, 2.05) is 42.1 Å². The van der Waals surface area contributed by atoms with Crippen LogP contribution in [0.2, 0.25) is 0 Å². The highest BCUT2D eigenvalue weighted by Crippen LogP contribution is 2.10. The van der Waals surface area contributed by atoms with Crippen molar-refractivity contribution < 1.29 is 8.78 Å². The Balaban J connectivity index is 0.00000300. The zero-order valence-corrected chi connectivity index (χ0v) is 18.4. The third-order valence-electron chi connectivity index (χ3n) is 4.11. The number of guanidine groups is 1. The van der Waals surface area contributed by atoms with Crippen LogP contribution in [0.15, 0.2) is 65.9 Å². The van der Waals surface area contributed by atoms with Crippen LogP contribution in [0, 0.1) is 11.6 Å². The van der Waals surface area contributed by atoms with E-state index in [-0.39, 0.29) is 36.1 Å². The van der Waals surface area contributed by atoms with Gasteiger partial charge in [0.2, 0.25) is 0 Å². The number of hydrogen-bond donors (Lipinski definition) is 2. The average Bonchev–Trinajstić information content (AvgIpc) is 3.20. The number of nitrogens with zero attached hydrogens (tertiary/aromatic N) is 3. The fraction of sp³-hybridized carbons (Fsp3) is 0.238. The molecule has 1 aromatic heterocycles. The Hall–Kier alpha value is -2.49. The summed E-state index contributed by atoms with van der Waals surface area (Å²) in [5.41, 5.74) is 2.45. The minimum atomic E-state index is -0.464. The van der Waals surface area contributed by atoms with Crippen LogP contribution in [-0.2, 0) is 19.6 Å². The SMILES string of the molecule is CCNC(=NCc1cccc(Cn2cccn2)c1)NCc1cc(F)ccc1F.I. The number of halogens is 3. The summed E-state index contributed by atoms with van der Waals surface area (Å²) in [6.45, 7) is 3.92. The third kappa shape index (κ3) is 7.12. The van der Waals surface area contributed by atoms with Crippen LogP contribution in [0.25, 0.3) is 0 Å². The first-order valence-electron chi connectivity index (χ1n) is 9.15. The van der Waals surface area contributed by atoms with Gasteiger partial charge in [-0.3, -0.25) is 4.68 Å². The van der Waals surface area contributed by atoms with E-state index in [1.165, 1.54) is 6.07 Å². The Labute approximate surface area is 186 Å². The molecule has 0 bridgehead atoms. The van der Waals surface area contributed by atoms with Gasteiger partial charge in [0.05, 0.1) is 13.1 Å². The van der Waals surface area contributed by atoms with Crippen molar-refractivity contribution in [2.45, 2.75) is 26.6 Å². The summed E-state index contributed by atoms with van der Waals surface area (Å²) in [6.07, 6.45) is 3.67. The molecule has 2 aromatic carbocycles. The summed E-state index contributed by atoms with van der Waals surface area (Å²) < 4.78 is 29.0. The van der Waals surface area contributed by atoms with Crippen molar-refractivity contribution in [3.05, 3.63) is 89.2 Å². The van der Waals surface area contributed by atoms with Gasteiger partial charge in [0, 0.05) is 31.0 Å². The summed E-state index contributed by atoms with van der Waals surface area (Å²) in [5.74, 6) is -0.367. The van der Waals surface area contributed by atoms with Gasteiger partial charge in [0.1, 0.15) is 11.6 Å². The number of aromatic nitrogens is 2. The average molecular weight is 511 g/mol. The second kappa shape index (κ2) is 11.5. The maximum absolute atomic E-state index is 13.8. The van der Waals surface area contributed by atoms with E-state index in [0.29, 0.717) is 25.6 Å². The van der Waals surface area contributed by atoms with E-state index in [4.69, 9.17) is 0 Å². The smallest absolute Gasteiger partial charge is 0.191 e. The van der Waals surface area contributed by atoms with Gasteiger partial charge in [-0.05, 0) is 42.3 Å². The van der Waals surface area contributed by atoms with Gasteiger partial charge in [-0.25, -0.2) is 13.8 Å². The summed E-state index contributed by atoms with van der Waals surface area (Å²) in [5, 5.41) is 10.4. The standard InChI is InChI=1S/C21H23F2N5.HI/c1-2-24-21(26-14-18-12-19(22)7-8-20(18)23)25-13-16-5-3-6-17(11-16)15-28-10-4-9-27-28;/h3-12H,2,13-15H2,1H3,(H2,24,25,26);1H. The Morgan fingerprint density at radius 3 is 2.66 bits per heavy atom. The lowest BCUT2D eigenvalue weighted by atomic mass is 10.1. The molecule has 1 heterocycles. The molecule has 0 unspecified atom stereocenters. The second-order valence-corrected chi connectivity index (χ2v) is 6.31. The molecule has 0 aliphatic carbocycles. The van der Waals surface area contributed by atoms with Gasteiger partial charge in [-0.2, -0.15) is 5.10 Å². The molecule has 29 heavy (non-hydrogen) atoms. The Kier molecular flexibility index (Phi) is 9.04. The Morgan fingerprint density at radius 2 is 1.90 bits per heavy atom. The lowest BCUT2D eigenvalue weighted by Gasteiger charge is -2.12. The Morgan fingerprint density at radius 1 is 1.07 bits per heavy atom. The van der Waals surface area contributed by atoms with E-state index >= 15 is 0 Å². The molecule has 0 saturated heterocycles. The predicted molar refractivity (Wildman–Crippen MR) is 121 cm³/mol. The summed E-state index contributed by atoms with van der Waals surface area (Å²) in [6, 6.07) is 13.4. The monoisotopic (exact) mass is 511 g/mol. The van der Waals surface area contributed by atoms with Crippen molar-refractivity contribution in [1.29, 1.82) is 0 Å². The highest BCUT2D eigenvalue weighted by Gasteiger charge is 2.05. The highest BCUT2D eigenvalue weighted by atomic mass is 127. The molecular weight excluding hydrogens is 487 g/mol. The van der Waals surface area contributed by atoms with Gasteiger partial charge in [0.25, 0.3) is 0 Å². The Bertz CT molecular complexity index is 929. The number of aliphatic imine (C=N–C) groups is 1. The van der Waals surface area contributed by atoms with Crippen molar-refractivity contribution >= 4 is 29.9 Å². The molecule has 0 amide bonds. The fourth-order valence-corrected chi connectivity index (χ4v) is 2.78. The highest BCUT2D eigenvalue weighted by molar-refractivity contribution is 14.0. The van der Waals surface area contributed by atoms with Crippen molar-refractivity contribution in [3.63, 3.8) is 0 Å². The molecule has 0 saturated carbocycles. The molecular formula is C21H24F2IN5. The van der Waals surface area contributed by atoms with Crippen LogP contribution >= 0.6 is 24.0 Å². The quantitative estimate of drug-likeness (QED) is 0.286. The summed E-state index contributed by atoms with van der Waals surface area (Å²) in [4.78, 5) is 4.54. The lowest BCUT2D eigenvalue weighted by molar-refractivity contribution is 0.581. The van der Waals surface area contributed by atoms with Crippen LogP contribution in [0.5, 0.6) is 0 Å². The predicted octanol–water partition coefficient (Wildman–Crippen LogP) is 4.08. The first-order chi connectivity index (χ1) is 13.6. The minimum absolute atomic E-state index is 0. The third-order valence-corrected chi connectivity index (χ3v) is 4.11. The topological polar surface area (TPSA) is 54.2 Å². The molecule has 5 nitrogen and oxygen atoms in total. The van der Waals surface area contributed by atoms with Gasteiger partial charge in [-0.1, -0.05) is 24.3 Å². The molecule has 0 atom stereocenters. The second-order valence-electron chi connectivity index (χ2n) is 6.31. The number of benzene rings is 2. The molecule has 2 N–H and O–H groups in total. The van der Waals surface area contributed by atoms with Crippen LogP contribution in [0.1, 0.15) is 23.6 Å². The number of rotatable bonds is 7. The van der Waals surface area contributed by atoms with Crippen molar-refractivity contribution in [2.24, 2.45) is 4.99 Å². The molecule has 0 radical (unpaired) electrons. The first kappa shape index (κ1) is 22.8. The van der Waals surface area contributed by atoms with Gasteiger partial charge >= 0.3 is 0 Å². The minimum Gasteiger partial charge on any atom is -0.357 e. The van der Waals surface area contributed by atoms with Crippen molar-refractivity contribution in [3.8, 4) is 0 Å². The summed E-state index contributed by atoms with van der Waals surface area (Å²) >= 11 is 0. The summed E-state index contributed by atoms with van der Waals surface area (Å²) in [7, 11) is 0. The molecule has 0 aliphatic heterocycles. The van der Waals surface area contributed by atoms with Gasteiger partial charge < -0.3 is 10.6 Å². The van der Waals surface area contributed by atoms with Crippen molar-refractivity contribution in [2.75, 3.05) is 6.54 Å². The van der Waals surface area contributed by atoms with E-state index < -0.39 is 11.6 Å². The molecule has 8 heteroatoms. The molecule has 0 aliphatic rings. The largest absolute Gasteiger partial charge is 0.357 e. The van der Waals surface area contributed by atoms with Crippen LogP contribution in [0.4, 0.5) is 8.78 Å². The molecule has 3 rings (SSSR count). The molecule has 154 valence electrons. The maximum Gasteiger partial charge on any atom is 0.191 e. The van der Waals surface area contributed by atoms with E-state index in [1.54, 1.807) is 6.20 Å². The van der Waals surface area contributed by atoms with Crippen molar-refractivity contribution in [1.82, 2.24) is 20.4 Å². The number of nitrogens with one attached hydrogen (secondary N) is 2. The lowest BCUT2D eigenvalue weighted by Crippen LogP contribution is -2.37. The van der Waals surface area contributed by atoms with Crippen LogP contribution in [0.3, 0.4) is 0 Å². The molecule has 0 fully saturated rings. The van der Waals surface area contributed by atoms with Crippen LogP contribution in [-0.4, -0.2) is 22.3 Å². The number of hydrogen-bond acceptors (Lipinski definition) is 2. The molecule has 0 spiro atoms. The zero-order valence-electron chi connectivity index (χ0n) is 16.1. The zero-order chi connectivity index (χ0) is 19.8. The van der Waals surface area contributed by atoms with E-state index in [2.05, 4.69) is 26.8 Å².